The van der Waals surface area contributed by atoms with Gasteiger partial charge >= 0.3 is 0 Å². The Morgan fingerprint density at radius 3 is 1.07 bits per heavy atom. The molecule has 16 rings (SSSR count). The van der Waals surface area contributed by atoms with Crippen molar-refractivity contribution in [1.82, 2.24) is 38.6 Å². The summed E-state index contributed by atoms with van der Waals surface area (Å²) in [7, 11) is 8.26. The maximum Gasteiger partial charge on any atom is 0.181 e. The maximum atomic E-state index is 14.5. The number of aromatic amines is 1. The molecule has 0 saturated carbocycles. The molecule has 0 aliphatic heterocycles. The van der Waals surface area contributed by atoms with E-state index >= 15 is 0 Å². The number of ketones is 6. The number of nitrogens with zero attached hydrogens (tertiary/aromatic N) is 7. The van der Waals surface area contributed by atoms with E-state index in [9.17, 15) is 56.5 Å². The molecule has 0 fully saturated rings. The summed E-state index contributed by atoms with van der Waals surface area (Å²) < 4.78 is 125. The Labute approximate surface area is 889 Å². The van der Waals surface area contributed by atoms with Crippen molar-refractivity contribution in [2.24, 2.45) is 0 Å². The van der Waals surface area contributed by atoms with Gasteiger partial charge in [0.25, 0.3) is 0 Å². The molecule has 0 amide bonds. The number of aromatic nitrogens is 8. The van der Waals surface area contributed by atoms with Crippen LogP contribution in [0, 0.1) is 23.3 Å². The van der Waals surface area contributed by atoms with E-state index in [4.69, 9.17) is 57.1 Å². The zero-order chi connectivity index (χ0) is 107. The zero-order valence-corrected chi connectivity index (χ0v) is 93.9. The first kappa shape index (κ1) is 114. The number of hydrogen-bond acceptors (Lipinski definition) is 27. The molecular weight excluding hydrogens is 2110 g/mol. The molecular formula is C110H121BrF4N8O19S4Si3. The third-order valence-corrected chi connectivity index (χ3v) is 34.3. The van der Waals surface area contributed by atoms with Crippen molar-refractivity contribution < 1.29 is 109 Å². The van der Waals surface area contributed by atoms with Gasteiger partial charge < -0.3 is 76.4 Å². The number of Topliss-reactive ketones (excluding diaryl/α,β-unsaturated/α-hetero) is 6. The summed E-state index contributed by atoms with van der Waals surface area (Å²) in [6, 6.07) is 42.6. The lowest BCUT2D eigenvalue weighted by Gasteiger charge is -2.19. The summed E-state index contributed by atoms with van der Waals surface area (Å²) in [6.45, 7) is 22.8. The van der Waals surface area contributed by atoms with Crippen molar-refractivity contribution in [3.63, 3.8) is 0 Å². The number of hydrogen-bond donors (Lipinski definition) is 3. The largest absolute Gasteiger partial charge is 0.493 e. The van der Waals surface area contributed by atoms with Crippen molar-refractivity contribution in [2.75, 3.05) is 76.7 Å². The van der Waals surface area contributed by atoms with E-state index in [1.807, 2.05) is 49.5 Å². The molecule has 0 radical (unpaired) electrons. The fourth-order valence-electron chi connectivity index (χ4n) is 16.2. The number of H-pyrrole nitrogens is 1. The Morgan fingerprint density at radius 1 is 0.369 bits per heavy atom. The minimum Gasteiger partial charge on any atom is -0.493 e. The zero-order valence-electron chi connectivity index (χ0n) is 86.1. The fourth-order valence-corrected chi connectivity index (χ4v) is 22.9. The predicted molar refractivity (Wildman–Crippen MR) is 589 cm³/mol. The van der Waals surface area contributed by atoms with E-state index in [-0.39, 0.29) is 130 Å². The maximum absolute atomic E-state index is 14.5. The fraction of sp³-hybridized carbons (Fsp3) is 0.327. The minimum absolute atomic E-state index is 0.00618. The van der Waals surface area contributed by atoms with Crippen molar-refractivity contribution in [2.45, 2.75) is 161 Å². The summed E-state index contributed by atoms with van der Waals surface area (Å²) in [4.78, 5) is 98.4. The molecule has 0 spiro atoms. The summed E-state index contributed by atoms with van der Waals surface area (Å²) >= 11 is 8.75. The monoisotopic (exact) mass is 2220 g/mol. The summed E-state index contributed by atoms with van der Waals surface area (Å²) in [5.41, 5.74) is 6.59. The molecule has 0 bridgehead atoms. The Bertz CT molecular complexity index is 7440. The second kappa shape index (κ2) is 51.8. The SMILES string of the molecule is COc1ccc(C(=O)CCC(=O)c2cnc(-c3csc4c(F)cccc34)[nH]2)cc1OC.COc1ccc(C(=O)CCC(=O)c2cnc(-c3csc4c(F)cccc34)n2COCC[Si](C)(C)C)cc1OC.COc1ccc(C(=O)CCC(O)c2c(Br)nc(-c3csc4c(F)cccc34)n2COCC[Si](C)(C)C)cc1OC.COc1ccc(C(=O)CCC(O)c2cnc(-c3csc4c(F)cccc34)n2COCC[Si](C)(C)C)cc1OC. The molecule has 2 atom stereocenters. The number of aliphatic hydroxyl groups is 2. The van der Waals surface area contributed by atoms with Crippen LogP contribution in [0.15, 0.2) is 190 Å². The number of fused-ring (bicyclic) bond motifs is 4. The number of carbonyl (C=O) groups excluding carboxylic acids is 6. The molecule has 39 heteroatoms. The van der Waals surface area contributed by atoms with E-state index in [0.29, 0.717) is 158 Å². The van der Waals surface area contributed by atoms with Crippen molar-refractivity contribution in [1.29, 1.82) is 0 Å². The number of aliphatic hydroxyl groups excluding tert-OH is 2. The highest BCUT2D eigenvalue weighted by Gasteiger charge is 2.31. The minimum atomic E-state index is -1.31. The number of benzene rings is 8. The molecule has 16 aromatic rings. The van der Waals surface area contributed by atoms with Crippen LogP contribution >= 0.6 is 61.3 Å². The molecule has 8 heterocycles. The van der Waals surface area contributed by atoms with Crippen LogP contribution in [0.5, 0.6) is 46.0 Å². The Hall–Kier alpha value is -12.5. The first-order valence-electron chi connectivity index (χ1n) is 48.0. The summed E-state index contributed by atoms with van der Waals surface area (Å²) in [5.74, 6) is 3.98. The number of rotatable bonds is 47. The molecule has 149 heavy (non-hydrogen) atoms. The number of ether oxygens (including phenoxy) is 11. The van der Waals surface area contributed by atoms with Crippen molar-refractivity contribution in [3.05, 3.63) is 259 Å². The molecule has 0 aliphatic rings. The first-order valence-corrected chi connectivity index (χ1v) is 63.5. The lowest BCUT2D eigenvalue weighted by atomic mass is 10.0. The Kier molecular flexibility index (Phi) is 39.5. The first-order chi connectivity index (χ1) is 71.3. The average Bonchev–Trinajstić information content (AvgIpc) is 1.60. The predicted octanol–water partition coefficient (Wildman–Crippen LogP) is 27.0. The van der Waals surface area contributed by atoms with Crippen LogP contribution in [-0.2, 0) is 34.4 Å². The van der Waals surface area contributed by atoms with Crippen LogP contribution in [0.1, 0.15) is 137 Å². The summed E-state index contributed by atoms with van der Waals surface area (Å²) in [6.07, 6.45) is 3.35. The highest BCUT2D eigenvalue weighted by Crippen LogP contribution is 2.44. The van der Waals surface area contributed by atoms with Crippen LogP contribution in [0.25, 0.3) is 85.9 Å². The van der Waals surface area contributed by atoms with Gasteiger partial charge in [-0.1, -0.05) is 107 Å². The number of methoxy groups -OCH3 is 8. The smallest absolute Gasteiger partial charge is 0.181 e. The molecule has 0 saturated heterocycles. The normalized spacial score (nSPS) is 12.0. The van der Waals surface area contributed by atoms with Crippen molar-refractivity contribution in [3.8, 4) is 91.5 Å². The van der Waals surface area contributed by atoms with Crippen LogP contribution in [-0.4, -0.2) is 184 Å². The van der Waals surface area contributed by atoms with Gasteiger partial charge in [-0.15, -0.1) is 45.3 Å². The number of thiophene rings is 4. The van der Waals surface area contributed by atoms with Crippen LogP contribution < -0.4 is 37.9 Å². The number of carbonyl (C=O) groups is 6. The molecule has 3 N–H and O–H groups in total. The quantitative estimate of drug-likeness (QED) is 0.0138. The molecule has 8 aromatic carbocycles. The van der Waals surface area contributed by atoms with Gasteiger partial charge in [-0.05, 0) is 144 Å². The van der Waals surface area contributed by atoms with Gasteiger partial charge in [0.15, 0.2) is 80.7 Å². The molecule has 8 aromatic heterocycles. The van der Waals surface area contributed by atoms with E-state index in [2.05, 4.69) is 94.8 Å². The average molecular weight is 2230 g/mol. The van der Waals surface area contributed by atoms with Gasteiger partial charge in [0, 0.05) is 170 Å². The molecule has 2 unspecified atom stereocenters. The van der Waals surface area contributed by atoms with Gasteiger partial charge in [-0.2, -0.15) is 0 Å². The van der Waals surface area contributed by atoms with E-state index in [0.717, 1.165) is 61.9 Å². The highest BCUT2D eigenvalue weighted by atomic mass is 79.9. The van der Waals surface area contributed by atoms with E-state index in [1.165, 1.54) is 139 Å². The topological polar surface area (TPSA) is 327 Å². The van der Waals surface area contributed by atoms with Gasteiger partial charge in [0.05, 0.1) is 118 Å². The second-order valence-corrected chi connectivity index (χ2v) is 59.7. The molecule has 0 aliphatic carbocycles. The van der Waals surface area contributed by atoms with Gasteiger partial charge in [-0.3, -0.25) is 33.3 Å². The molecule has 27 nitrogen and oxygen atoms in total. The van der Waals surface area contributed by atoms with Crippen LogP contribution in [0.4, 0.5) is 17.6 Å². The van der Waals surface area contributed by atoms with Gasteiger partial charge in [0.1, 0.15) is 82.8 Å². The standard InChI is InChI=1S/C29H34BrFN2O5SSi.C29H35FN2O5SSi.C29H33FN2O5SSi.C23H19FN2O4S/c1-36-24-12-9-18(15-25(24)37-2)22(34)10-11-23(35)26-28(30)32-29(33(26)17-38-13-14-40(3,4)5)20-16-39-27-19(20)7-6-8-21(27)31;2*1-35-26-12-9-19(15-27(26)36-2)24(33)10-11-25(34)23-16-31-29(32(23)18-37-13-14-39(3,4)5)21-17-38-28-20(21)7-6-8-22(28)30;1-29-20-9-6-13(10-21(20)30-2)18(27)7-8-19(28)17-11-25-23(26-17)15-12-31-22-14(15)4-3-5-16(22)24/h6-9,12,15-16,23,35H,10-11,13-14,17H2,1-5H3;6-9,12,15-17,25,34H,10-11,13-14,18H2,1-5H3;6-9,12,15-17H,10-11,13-14,18H2,1-5H3;3-6,9-12H,7-8H2,1-2H3,(H,25,26). The van der Waals surface area contributed by atoms with E-state index < -0.39 is 36.4 Å². The lowest BCUT2D eigenvalue weighted by molar-refractivity contribution is 0.0744. The third kappa shape index (κ3) is 28.6. The van der Waals surface area contributed by atoms with Gasteiger partial charge in [-0.25, -0.2) is 37.5 Å². The third-order valence-electron chi connectivity index (χ3n) is 24.6. The van der Waals surface area contributed by atoms with Gasteiger partial charge in [0.2, 0.25) is 0 Å². The van der Waals surface area contributed by atoms with Crippen LogP contribution in [0.3, 0.4) is 0 Å². The second-order valence-electron chi connectivity index (χ2n) is 38.5. The Morgan fingerprint density at radius 2 is 0.691 bits per heavy atom. The van der Waals surface area contributed by atoms with Crippen molar-refractivity contribution >= 4 is 161 Å². The van der Waals surface area contributed by atoms with E-state index in [1.54, 1.807) is 113 Å². The van der Waals surface area contributed by atoms with Crippen LogP contribution in [0.2, 0.25) is 77.1 Å². The summed E-state index contributed by atoms with van der Waals surface area (Å²) in [5, 5.41) is 32.9. The molecule has 786 valence electrons. The number of halogens is 5. The number of nitrogens with one attached hydrogen (secondary N) is 1. The highest BCUT2D eigenvalue weighted by molar-refractivity contribution is 9.10. The lowest BCUT2D eigenvalue weighted by Crippen LogP contribution is -2.22. The Balaban J connectivity index is 0.000000166. The number of imidazole rings is 4.